The Morgan fingerprint density at radius 2 is 2.06 bits per heavy atom. The van der Waals surface area contributed by atoms with Gasteiger partial charge in [0, 0.05) is 6.04 Å². The van der Waals surface area contributed by atoms with E-state index in [1.165, 1.54) is 18.4 Å². The van der Waals surface area contributed by atoms with Gasteiger partial charge in [-0.05, 0) is 68.1 Å². The topological polar surface area (TPSA) is 49.5 Å². The van der Waals surface area contributed by atoms with Gasteiger partial charge in [-0.1, -0.05) is 6.07 Å². The van der Waals surface area contributed by atoms with Crippen LogP contribution in [0.5, 0.6) is 5.75 Å². The quantitative estimate of drug-likeness (QED) is 0.715. The standard InChI is InChI=1S/C14H20N2O/c1-16-6-4-14(5-7-16)9-10-2-3-11(17)8-12(10)13(14)15/h2-3,8,13,17H,4-7,9,15H2,1H3/t13-/m0/s1. The lowest BCUT2D eigenvalue weighted by Crippen LogP contribution is -2.42. The van der Waals surface area contributed by atoms with Crippen molar-refractivity contribution in [3.63, 3.8) is 0 Å². The third-order valence-corrected chi connectivity index (χ3v) is 4.65. The van der Waals surface area contributed by atoms with E-state index in [1.807, 2.05) is 12.1 Å². The van der Waals surface area contributed by atoms with E-state index in [0.29, 0.717) is 5.75 Å². The molecule has 1 heterocycles. The molecular formula is C14H20N2O. The fraction of sp³-hybridized carbons (Fsp3) is 0.571. The van der Waals surface area contributed by atoms with Crippen LogP contribution >= 0.6 is 0 Å². The number of benzene rings is 1. The van der Waals surface area contributed by atoms with Crippen LogP contribution in [0.1, 0.15) is 30.0 Å². The number of likely N-dealkylation sites (tertiary alicyclic amines) is 1. The minimum atomic E-state index is 0.0956. The summed E-state index contributed by atoms with van der Waals surface area (Å²) in [6.07, 6.45) is 3.41. The molecule has 1 aromatic carbocycles. The van der Waals surface area contributed by atoms with Gasteiger partial charge in [0.15, 0.2) is 0 Å². The van der Waals surface area contributed by atoms with Crippen LogP contribution in [-0.2, 0) is 6.42 Å². The minimum Gasteiger partial charge on any atom is -0.508 e. The molecule has 17 heavy (non-hydrogen) atoms. The van der Waals surface area contributed by atoms with E-state index < -0.39 is 0 Å². The molecule has 0 bridgehead atoms. The summed E-state index contributed by atoms with van der Waals surface area (Å²) in [5.41, 5.74) is 9.17. The summed E-state index contributed by atoms with van der Waals surface area (Å²) in [5.74, 6) is 0.337. The van der Waals surface area contributed by atoms with Gasteiger partial charge in [0.05, 0.1) is 0 Å². The summed E-state index contributed by atoms with van der Waals surface area (Å²) < 4.78 is 0. The number of nitrogens with two attached hydrogens (primary N) is 1. The Labute approximate surface area is 102 Å². The summed E-state index contributed by atoms with van der Waals surface area (Å²) >= 11 is 0. The van der Waals surface area contributed by atoms with E-state index >= 15 is 0 Å². The maximum absolute atomic E-state index is 9.58. The zero-order chi connectivity index (χ0) is 12.0. The number of nitrogens with zero attached hydrogens (tertiary/aromatic N) is 1. The Balaban J connectivity index is 1.93. The van der Waals surface area contributed by atoms with E-state index in [9.17, 15) is 5.11 Å². The summed E-state index contributed by atoms with van der Waals surface area (Å²) in [6.45, 7) is 2.27. The van der Waals surface area contributed by atoms with E-state index in [2.05, 4.69) is 11.9 Å². The molecule has 1 aliphatic carbocycles. The third-order valence-electron chi connectivity index (χ3n) is 4.65. The van der Waals surface area contributed by atoms with Crippen LogP contribution in [0.25, 0.3) is 0 Å². The Bertz CT molecular complexity index is 436. The molecule has 0 aromatic heterocycles. The molecule has 3 heteroatoms. The minimum absolute atomic E-state index is 0.0956. The average Bonchev–Trinajstić information content (AvgIpc) is 2.58. The number of phenolic OH excluding ortho intramolecular Hbond substituents is 1. The monoisotopic (exact) mass is 232 g/mol. The number of piperidine rings is 1. The molecule has 0 radical (unpaired) electrons. The molecule has 3 N–H and O–H groups in total. The maximum Gasteiger partial charge on any atom is 0.115 e. The first-order chi connectivity index (χ1) is 8.11. The van der Waals surface area contributed by atoms with Gasteiger partial charge in [-0.3, -0.25) is 0 Å². The first-order valence-electron chi connectivity index (χ1n) is 6.37. The summed E-state index contributed by atoms with van der Waals surface area (Å²) in [5, 5.41) is 9.58. The van der Waals surface area contributed by atoms with E-state index in [4.69, 9.17) is 5.73 Å². The molecule has 92 valence electrons. The lowest BCUT2D eigenvalue weighted by molar-refractivity contribution is 0.106. The Morgan fingerprint density at radius 1 is 1.35 bits per heavy atom. The van der Waals surface area contributed by atoms with Crippen LogP contribution in [-0.4, -0.2) is 30.1 Å². The van der Waals surface area contributed by atoms with E-state index in [0.717, 1.165) is 25.1 Å². The van der Waals surface area contributed by atoms with Crippen molar-refractivity contribution in [2.75, 3.05) is 20.1 Å². The lowest BCUT2D eigenvalue weighted by Gasteiger charge is -2.41. The smallest absolute Gasteiger partial charge is 0.115 e. The van der Waals surface area contributed by atoms with Crippen molar-refractivity contribution >= 4 is 0 Å². The van der Waals surface area contributed by atoms with Gasteiger partial charge in [0.25, 0.3) is 0 Å². The molecular weight excluding hydrogens is 212 g/mol. The van der Waals surface area contributed by atoms with Gasteiger partial charge in [-0.25, -0.2) is 0 Å². The van der Waals surface area contributed by atoms with Gasteiger partial charge >= 0.3 is 0 Å². The van der Waals surface area contributed by atoms with Crippen molar-refractivity contribution in [1.82, 2.24) is 4.90 Å². The number of hydrogen-bond acceptors (Lipinski definition) is 3. The van der Waals surface area contributed by atoms with Crippen molar-refractivity contribution in [3.8, 4) is 5.75 Å². The largest absolute Gasteiger partial charge is 0.508 e. The maximum atomic E-state index is 9.58. The average molecular weight is 232 g/mol. The second kappa shape index (κ2) is 3.72. The first-order valence-corrected chi connectivity index (χ1v) is 6.37. The fourth-order valence-corrected chi connectivity index (χ4v) is 3.40. The van der Waals surface area contributed by atoms with Crippen LogP contribution < -0.4 is 5.73 Å². The number of aromatic hydroxyl groups is 1. The van der Waals surface area contributed by atoms with Gasteiger partial charge in [-0.15, -0.1) is 0 Å². The predicted molar refractivity (Wildman–Crippen MR) is 67.9 cm³/mol. The number of hydrogen-bond donors (Lipinski definition) is 2. The fourth-order valence-electron chi connectivity index (χ4n) is 3.40. The SMILES string of the molecule is CN1CCC2(CC1)Cc1ccc(O)cc1[C@@H]2N. The molecule has 1 atom stereocenters. The number of rotatable bonds is 0. The van der Waals surface area contributed by atoms with Crippen LogP contribution in [0.2, 0.25) is 0 Å². The molecule has 3 rings (SSSR count). The zero-order valence-corrected chi connectivity index (χ0v) is 10.3. The highest BCUT2D eigenvalue weighted by Crippen LogP contribution is 2.51. The molecule has 1 spiro atoms. The highest BCUT2D eigenvalue weighted by atomic mass is 16.3. The van der Waals surface area contributed by atoms with E-state index in [1.54, 1.807) is 6.07 Å². The van der Waals surface area contributed by atoms with Gasteiger partial charge in [0.2, 0.25) is 0 Å². The Kier molecular flexibility index (Phi) is 2.42. The third kappa shape index (κ3) is 1.65. The molecule has 0 saturated carbocycles. The van der Waals surface area contributed by atoms with Gasteiger partial charge < -0.3 is 15.7 Å². The molecule has 0 amide bonds. The van der Waals surface area contributed by atoms with Crippen molar-refractivity contribution in [2.24, 2.45) is 11.1 Å². The lowest BCUT2D eigenvalue weighted by atomic mass is 9.73. The molecule has 3 nitrogen and oxygen atoms in total. The Morgan fingerprint density at radius 3 is 2.76 bits per heavy atom. The second-order valence-corrected chi connectivity index (χ2v) is 5.70. The summed E-state index contributed by atoms with van der Waals surface area (Å²) in [4.78, 5) is 2.37. The predicted octanol–water partition coefficient (Wildman–Crippen LogP) is 1.66. The first kappa shape index (κ1) is 11.1. The highest BCUT2D eigenvalue weighted by Gasteiger charge is 2.45. The van der Waals surface area contributed by atoms with Crippen LogP contribution in [0.15, 0.2) is 18.2 Å². The summed E-state index contributed by atoms with van der Waals surface area (Å²) in [6, 6.07) is 5.77. The number of fused-ring (bicyclic) bond motifs is 1. The van der Waals surface area contributed by atoms with E-state index in [-0.39, 0.29) is 11.5 Å². The van der Waals surface area contributed by atoms with Crippen LogP contribution in [0.4, 0.5) is 0 Å². The summed E-state index contributed by atoms with van der Waals surface area (Å²) in [7, 11) is 2.17. The van der Waals surface area contributed by atoms with Crippen molar-refractivity contribution in [1.29, 1.82) is 0 Å². The Hall–Kier alpha value is -1.06. The molecule has 2 aliphatic rings. The number of phenols is 1. The molecule has 0 unspecified atom stereocenters. The molecule has 1 aliphatic heterocycles. The van der Waals surface area contributed by atoms with Gasteiger partial charge in [-0.2, -0.15) is 0 Å². The van der Waals surface area contributed by atoms with Crippen molar-refractivity contribution in [3.05, 3.63) is 29.3 Å². The normalized spacial score (nSPS) is 27.3. The molecule has 1 saturated heterocycles. The zero-order valence-electron chi connectivity index (χ0n) is 10.3. The molecule has 1 fully saturated rings. The van der Waals surface area contributed by atoms with Crippen LogP contribution in [0.3, 0.4) is 0 Å². The second-order valence-electron chi connectivity index (χ2n) is 5.70. The van der Waals surface area contributed by atoms with Gasteiger partial charge in [0.1, 0.15) is 5.75 Å². The van der Waals surface area contributed by atoms with Crippen LogP contribution in [0, 0.1) is 5.41 Å². The van der Waals surface area contributed by atoms with Crippen molar-refractivity contribution < 1.29 is 5.11 Å². The highest BCUT2D eigenvalue weighted by molar-refractivity contribution is 5.42. The van der Waals surface area contributed by atoms with Crippen molar-refractivity contribution in [2.45, 2.75) is 25.3 Å². The molecule has 1 aromatic rings.